The number of nitrogen functional groups attached to an aromatic ring is 1. The van der Waals surface area contributed by atoms with Gasteiger partial charge in [0.05, 0.1) is 12.4 Å². The third-order valence-corrected chi connectivity index (χ3v) is 2.83. The molecule has 0 radical (unpaired) electrons. The summed E-state index contributed by atoms with van der Waals surface area (Å²) >= 11 is 0. The van der Waals surface area contributed by atoms with E-state index in [0.717, 1.165) is 18.8 Å². The largest absolute Gasteiger partial charge is 0.382 e. The van der Waals surface area contributed by atoms with Crippen LogP contribution in [0.25, 0.3) is 0 Å². The Bertz CT molecular complexity index is 371. The molecule has 0 saturated carbocycles. The number of anilines is 1. The Balaban J connectivity index is 2.75. The minimum atomic E-state index is -0.0453. The van der Waals surface area contributed by atoms with Gasteiger partial charge in [-0.25, -0.2) is 9.97 Å². The van der Waals surface area contributed by atoms with E-state index in [0.29, 0.717) is 11.7 Å². The average Bonchev–Trinajstić information content (AvgIpc) is 2.34. The highest BCUT2D eigenvalue weighted by molar-refractivity contribution is 5.92. The van der Waals surface area contributed by atoms with Gasteiger partial charge in [0.25, 0.3) is 0 Å². The summed E-state index contributed by atoms with van der Waals surface area (Å²) in [6.45, 7) is 7.47. The molecule has 0 fully saturated rings. The molecule has 0 spiro atoms. The normalized spacial score (nSPS) is 10.7. The van der Waals surface area contributed by atoms with Crippen molar-refractivity contribution >= 4 is 11.7 Å². The fourth-order valence-corrected chi connectivity index (χ4v) is 1.78. The number of rotatable bonds is 7. The number of hydrogen-bond acceptors (Lipinski definition) is 4. The summed E-state index contributed by atoms with van der Waals surface area (Å²) in [7, 11) is 0. The van der Waals surface area contributed by atoms with Crippen LogP contribution in [-0.4, -0.2) is 28.4 Å². The molecule has 1 rings (SSSR count). The van der Waals surface area contributed by atoms with E-state index in [1.54, 1.807) is 12.4 Å². The van der Waals surface area contributed by atoms with Gasteiger partial charge >= 0.3 is 0 Å². The van der Waals surface area contributed by atoms with Crippen LogP contribution in [0, 0.1) is 5.41 Å². The summed E-state index contributed by atoms with van der Waals surface area (Å²) in [5, 5.41) is 7.30. The van der Waals surface area contributed by atoms with Crippen LogP contribution in [0.4, 0.5) is 5.82 Å². The van der Waals surface area contributed by atoms with Gasteiger partial charge in [-0.1, -0.05) is 19.8 Å². The van der Waals surface area contributed by atoms with Crippen molar-refractivity contribution < 1.29 is 0 Å². The summed E-state index contributed by atoms with van der Waals surface area (Å²) in [6, 6.07) is 0.388. The van der Waals surface area contributed by atoms with Crippen molar-refractivity contribution in [1.29, 1.82) is 5.41 Å². The van der Waals surface area contributed by atoms with Crippen LogP contribution in [0.3, 0.4) is 0 Å². The van der Waals surface area contributed by atoms with Gasteiger partial charge in [0, 0.05) is 12.6 Å². The van der Waals surface area contributed by atoms with Gasteiger partial charge in [-0.15, -0.1) is 0 Å². The first kappa shape index (κ1) is 14.4. The maximum Gasteiger partial charge on any atom is 0.147 e. The number of unbranched alkanes of at least 4 members (excludes halogenated alkanes) is 2. The summed E-state index contributed by atoms with van der Waals surface area (Å²) in [6.07, 6.45) is 6.85. The molecule has 1 aromatic rings. The van der Waals surface area contributed by atoms with Gasteiger partial charge in [-0.3, -0.25) is 5.41 Å². The van der Waals surface area contributed by atoms with Gasteiger partial charge in [0.1, 0.15) is 17.3 Å². The number of amidine groups is 1. The maximum absolute atomic E-state index is 7.30. The van der Waals surface area contributed by atoms with Crippen LogP contribution in [0.15, 0.2) is 12.4 Å². The second-order valence-electron chi connectivity index (χ2n) is 4.67. The molecule has 0 aliphatic heterocycles. The predicted octanol–water partition coefficient (Wildman–Crippen LogP) is 2.17. The summed E-state index contributed by atoms with van der Waals surface area (Å²) in [5.41, 5.74) is 5.79. The number of nitrogens with two attached hydrogens (primary N) is 1. The fourth-order valence-electron chi connectivity index (χ4n) is 1.78. The smallest absolute Gasteiger partial charge is 0.147 e. The first-order valence-corrected chi connectivity index (χ1v) is 6.49. The molecule has 1 aromatic heterocycles. The summed E-state index contributed by atoms with van der Waals surface area (Å²) in [5.74, 6) is 0.808. The minimum Gasteiger partial charge on any atom is -0.382 e. The Morgan fingerprint density at radius 1 is 1.33 bits per heavy atom. The maximum atomic E-state index is 7.30. The van der Waals surface area contributed by atoms with E-state index in [2.05, 4.69) is 35.6 Å². The lowest BCUT2D eigenvalue weighted by atomic mass is 10.2. The molecule has 0 aliphatic rings. The topological polar surface area (TPSA) is 78.9 Å². The second kappa shape index (κ2) is 6.93. The third kappa shape index (κ3) is 3.98. The molecule has 5 heteroatoms. The first-order valence-electron chi connectivity index (χ1n) is 6.49. The third-order valence-electron chi connectivity index (χ3n) is 2.83. The van der Waals surface area contributed by atoms with Crippen molar-refractivity contribution in [2.75, 3.05) is 11.4 Å². The summed E-state index contributed by atoms with van der Waals surface area (Å²) < 4.78 is 0. The van der Waals surface area contributed by atoms with Gasteiger partial charge in [0.15, 0.2) is 0 Å². The van der Waals surface area contributed by atoms with Crippen LogP contribution in [0.1, 0.15) is 45.7 Å². The van der Waals surface area contributed by atoms with E-state index in [-0.39, 0.29) is 5.84 Å². The standard InChI is InChI=1S/C13H23N5/c1-4-5-6-7-18(10(2)3)12-9-16-11(8-17-12)13(14)15/h8-10H,4-7H2,1-3H3,(H3,14,15). The average molecular weight is 249 g/mol. The van der Waals surface area contributed by atoms with Crippen LogP contribution in [-0.2, 0) is 0 Å². The van der Waals surface area contributed by atoms with Crippen LogP contribution in [0.2, 0.25) is 0 Å². The second-order valence-corrected chi connectivity index (χ2v) is 4.67. The number of nitrogens with zero attached hydrogens (tertiary/aromatic N) is 3. The molecule has 0 unspecified atom stereocenters. The van der Waals surface area contributed by atoms with E-state index < -0.39 is 0 Å². The van der Waals surface area contributed by atoms with Crippen molar-refractivity contribution in [3.05, 3.63) is 18.1 Å². The first-order chi connectivity index (χ1) is 8.56. The summed E-state index contributed by atoms with van der Waals surface area (Å²) in [4.78, 5) is 10.7. The molecule has 0 bridgehead atoms. The van der Waals surface area contributed by atoms with Crippen molar-refractivity contribution in [3.8, 4) is 0 Å². The highest BCUT2D eigenvalue weighted by Crippen LogP contribution is 2.14. The van der Waals surface area contributed by atoms with Crippen molar-refractivity contribution in [2.24, 2.45) is 5.73 Å². The quantitative estimate of drug-likeness (QED) is 0.441. The molecule has 0 aliphatic carbocycles. The molecule has 3 N–H and O–H groups in total. The fraction of sp³-hybridized carbons (Fsp3) is 0.615. The Morgan fingerprint density at radius 3 is 2.50 bits per heavy atom. The molecule has 18 heavy (non-hydrogen) atoms. The molecular formula is C13H23N5. The molecule has 0 atom stereocenters. The molecule has 0 aromatic carbocycles. The van der Waals surface area contributed by atoms with E-state index in [1.807, 2.05) is 0 Å². The monoisotopic (exact) mass is 249 g/mol. The van der Waals surface area contributed by atoms with Gasteiger partial charge < -0.3 is 10.6 Å². The van der Waals surface area contributed by atoms with Gasteiger partial charge in [-0.05, 0) is 20.3 Å². The lowest BCUT2D eigenvalue weighted by Gasteiger charge is -2.27. The molecule has 100 valence electrons. The lowest BCUT2D eigenvalue weighted by molar-refractivity contribution is 0.618. The van der Waals surface area contributed by atoms with Crippen LogP contribution < -0.4 is 10.6 Å². The lowest BCUT2D eigenvalue weighted by Crippen LogP contribution is -2.32. The Hall–Kier alpha value is -1.65. The van der Waals surface area contributed by atoms with Crippen LogP contribution in [0.5, 0.6) is 0 Å². The van der Waals surface area contributed by atoms with E-state index >= 15 is 0 Å². The Labute approximate surface area is 109 Å². The molecule has 5 nitrogen and oxygen atoms in total. The Kier molecular flexibility index (Phi) is 5.55. The zero-order valence-electron chi connectivity index (χ0n) is 11.5. The Morgan fingerprint density at radius 2 is 2.06 bits per heavy atom. The highest BCUT2D eigenvalue weighted by Gasteiger charge is 2.12. The van der Waals surface area contributed by atoms with Gasteiger partial charge in [-0.2, -0.15) is 0 Å². The number of nitrogens with one attached hydrogen (secondary N) is 1. The van der Waals surface area contributed by atoms with Crippen LogP contribution >= 0.6 is 0 Å². The molecule has 0 saturated heterocycles. The zero-order chi connectivity index (χ0) is 13.5. The van der Waals surface area contributed by atoms with E-state index in [4.69, 9.17) is 11.1 Å². The minimum absolute atomic E-state index is 0.0453. The SMILES string of the molecule is CCCCCN(c1cnc(C(=N)N)cn1)C(C)C. The van der Waals surface area contributed by atoms with Crippen molar-refractivity contribution in [2.45, 2.75) is 46.1 Å². The predicted molar refractivity (Wildman–Crippen MR) is 75.1 cm³/mol. The van der Waals surface area contributed by atoms with E-state index in [9.17, 15) is 0 Å². The highest BCUT2D eigenvalue weighted by atomic mass is 15.2. The molecular weight excluding hydrogens is 226 g/mol. The van der Waals surface area contributed by atoms with Crippen molar-refractivity contribution in [3.63, 3.8) is 0 Å². The number of hydrogen-bond donors (Lipinski definition) is 2. The zero-order valence-corrected chi connectivity index (χ0v) is 11.5. The number of aromatic nitrogens is 2. The van der Waals surface area contributed by atoms with Crippen molar-refractivity contribution in [1.82, 2.24) is 9.97 Å². The molecule has 1 heterocycles. The molecule has 0 amide bonds. The van der Waals surface area contributed by atoms with Gasteiger partial charge in [0.2, 0.25) is 0 Å². The van der Waals surface area contributed by atoms with E-state index in [1.165, 1.54) is 12.8 Å².